The van der Waals surface area contributed by atoms with Gasteiger partial charge in [-0.25, -0.2) is 0 Å². The molecule has 4 amide bonds. The van der Waals surface area contributed by atoms with E-state index in [9.17, 15) is 19.2 Å². The van der Waals surface area contributed by atoms with E-state index in [1.807, 2.05) is 37.3 Å². The van der Waals surface area contributed by atoms with Crippen LogP contribution in [0.1, 0.15) is 58.0 Å². The van der Waals surface area contributed by atoms with E-state index >= 15 is 0 Å². The number of amides is 4. The van der Waals surface area contributed by atoms with E-state index in [0.29, 0.717) is 17.7 Å². The van der Waals surface area contributed by atoms with Crippen LogP contribution in [0.15, 0.2) is 48.5 Å². The molecular formula is C25H25N3O5. The van der Waals surface area contributed by atoms with E-state index in [1.54, 1.807) is 25.3 Å². The van der Waals surface area contributed by atoms with Gasteiger partial charge in [0.05, 0.1) is 18.2 Å². The van der Waals surface area contributed by atoms with Crippen molar-refractivity contribution >= 4 is 29.3 Å². The minimum atomic E-state index is -0.981. The van der Waals surface area contributed by atoms with E-state index in [2.05, 4.69) is 10.6 Å². The zero-order chi connectivity index (χ0) is 23.5. The highest BCUT2D eigenvalue weighted by atomic mass is 16.5. The van der Waals surface area contributed by atoms with Crippen molar-refractivity contribution in [2.45, 2.75) is 38.8 Å². The average molecular weight is 447 g/mol. The van der Waals surface area contributed by atoms with Crippen molar-refractivity contribution in [3.63, 3.8) is 0 Å². The summed E-state index contributed by atoms with van der Waals surface area (Å²) in [5.74, 6) is -1.27. The van der Waals surface area contributed by atoms with Crippen molar-refractivity contribution in [2.75, 3.05) is 7.11 Å². The maximum atomic E-state index is 13.2. The number of nitrogens with one attached hydrogen (secondary N) is 2. The Hall–Kier alpha value is -3.94. The summed E-state index contributed by atoms with van der Waals surface area (Å²) in [7, 11) is 1.61. The molecule has 0 bridgehead atoms. The molecule has 2 aromatic carbocycles. The van der Waals surface area contributed by atoms with Gasteiger partial charge in [0.15, 0.2) is 0 Å². The molecule has 170 valence electrons. The molecule has 2 aliphatic heterocycles. The smallest absolute Gasteiger partial charge is 0.262 e. The lowest BCUT2D eigenvalue weighted by atomic mass is 10.0. The fourth-order valence-electron chi connectivity index (χ4n) is 4.19. The molecular weight excluding hydrogens is 422 g/mol. The molecule has 2 heterocycles. The summed E-state index contributed by atoms with van der Waals surface area (Å²) in [6.07, 6.45) is 3.07. The fourth-order valence-corrected chi connectivity index (χ4v) is 4.19. The van der Waals surface area contributed by atoms with Crippen LogP contribution in [0.4, 0.5) is 0 Å². The maximum absolute atomic E-state index is 13.2. The van der Waals surface area contributed by atoms with Gasteiger partial charge in [-0.15, -0.1) is 0 Å². The van der Waals surface area contributed by atoms with Gasteiger partial charge >= 0.3 is 0 Å². The molecule has 33 heavy (non-hydrogen) atoms. The number of benzene rings is 2. The molecule has 8 nitrogen and oxygen atoms in total. The zero-order valence-corrected chi connectivity index (χ0v) is 18.5. The molecule has 1 saturated heterocycles. The number of nitrogens with zero attached hydrogens (tertiary/aromatic N) is 1. The molecule has 0 radical (unpaired) electrons. The molecule has 2 N–H and O–H groups in total. The third-order valence-corrected chi connectivity index (χ3v) is 5.83. The zero-order valence-electron chi connectivity index (χ0n) is 18.5. The van der Waals surface area contributed by atoms with Crippen molar-refractivity contribution in [3.05, 3.63) is 70.8 Å². The number of piperidine rings is 1. The highest BCUT2D eigenvalue weighted by Gasteiger charge is 2.45. The van der Waals surface area contributed by atoms with Crippen molar-refractivity contribution in [2.24, 2.45) is 0 Å². The number of allylic oxidation sites excluding steroid dienone is 1. The van der Waals surface area contributed by atoms with Crippen LogP contribution in [0.3, 0.4) is 0 Å². The van der Waals surface area contributed by atoms with Gasteiger partial charge in [-0.05, 0) is 54.3 Å². The van der Waals surface area contributed by atoms with Gasteiger partial charge in [-0.2, -0.15) is 0 Å². The van der Waals surface area contributed by atoms with Crippen LogP contribution < -0.4 is 15.4 Å². The SMILES string of the molecule is CC/C=C(/NCc1cccc2c1C(=O)N(C1CCC(=O)NC1=O)C2=O)c1ccc(OC)cc1. The van der Waals surface area contributed by atoms with Crippen LogP contribution in [0, 0.1) is 0 Å². The molecule has 1 atom stereocenters. The summed E-state index contributed by atoms with van der Waals surface area (Å²) in [6.45, 7) is 2.36. The quantitative estimate of drug-likeness (QED) is 0.633. The Balaban J connectivity index is 1.58. The summed E-state index contributed by atoms with van der Waals surface area (Å²) in [5.41, 5.74) is 3.10. The predicted octanol–water partition coefficient (Wildman–Crippen LogP) is 2.64. The molecule has 1 fully saturated rings. The number of hydrogen-bond acceptors (Lipinski definition) is 6. The molecule has 0 aliphatic carbocycles. The molecule has 2 aromatic rings. The monoisotopic (exact) mass is 447 g/mol. The topological polar surface area (TPSA) is 105 Å². The van der Waals surface area contributed by atoms with Gasteiger partial charge in [0.1, 0.15) is 11.8 Å². The standard InChI is InChI=1S/C25H25N3O5/c1-3-5-19(15-8-10-17(33-2)11-9-15)26-14-16-6-4-7-18-22(16)25(32)28(24(18)31)20-12-13-21(29)27-23(20)30/h4-11,20,26H,3,12-14H2,1-2H3,(H,27,29,30)/b19-5+. The van der Waals surface area contributed by atoms with E-state index in [4.69, 9.17) is 4.74 Å². The van der Waals surface area contributed by atoms with E-state index < -0.39 is 29.7 Å². The Morgan fingerprint density at radius 1 is 1.12 bits per heavy atom. The number of rotatable bonds is 7. The number of carbonyl (C=O) groups excluding carboxylic acids is 4. The fraction of sp³-hybridized carbons (Fsp3) is 0.280. The molecule has 0 spiro atoms. The Kier molecular flexibility index (Phi) is 6.26. The number of methoxy groups -OCH3 is 1. The van der Waals surface area contributed by atoms with Crippen LogP contribution in [0.5, 0.6) is 5.75 Å². The first-order valence-corrected chi connectivity index (χ1v) is 10.9. The lowest BCUT2D eigenvalue weighted by molar-refractivity contribution is -0.136. The Labute approximate surface area is 191 Å². The number of fused-ring (bicyclic) bond motifs is 1. The first-order chi connectivity index (χ1) is 15.9. The van der Waals surface area contributed by atoms with Crippen LogP contribution in [0.25, 0.3) is 5.70 Å². The lowest BCUT2D eigenvalue weighted by Crippen LogP contribution is -2.54. The molecule has 0 saturated carbocycles. The van der Waals surface area contributed by atoms with Gasteiger partial charge in [0.2, 0.25) is 11.8 Å². The second-order valence-electron chi connectivity index (χ2n) is 7.90. The van der Waals surface area contributed by atoms with Crippen LogP contribution >= 0.6 is 0 Å². The number of ether oxygens (including phenoxy) is 1. The van der Waals surface area contributed by atoms with Gasteiger partial charge < -0.3 is 10.1 Å². The summed E-state index contributed by atoms with van der Waals surface area (Å²) in [5, 5.41) is 5.60. The summed E-state index contributed by atoms with van der Waals surface area (Å²) in [6, 6.07) is 11.8. The van der Waals surface area contributed by atoms with Crippen molar-refractivity contribution in [1.82, 2.24) is 15.5 Å². The van der Waals surface area contributed by atoms with Gasteiger partial charge in [0.25, 0.3) is 11.8 Å². The molecule has 2 aliphatic rings. The summed E-state index contributed by atoms with van der Waals surface area (Å²) < 4.78 is 5.22. The largest absolute Gasteiger partial charge is 0.497 e. The van der Waals surface area contributed by atoms with Crippen molar-refractivity contribution in [1.29, 1.82) is 0 Å². The first kappa shape index (κ1) is 22.3. The predicted molar refractivity (Wildman–Crippen MR) is 121 cm³/mol. The first-order valence-electron chi connectivity index (χ1n) is 10.9. The number of imide groups is 2. The Morgan fingerprint density at radius 2 is 1.88 bits per heavy atom. The molecule has 8 heteroatoms. The second kappa shape index (κ2) is 9.28. The third kappa shape index (κ3) is 4.24. The number of hydrogen-bond donors (Lipinski definition) is 2. The average Bonchev–Trinajstić information content (AvgIpc) is 3.07. The molecule has 0 aromatic heterocycles. The Morgan fingerprint density at radius 3 is 2.55 bits per heavy atom. The second-order valence-corrected chi connectivity index (χ2v) is 7.90. The van der Waals surface area contributed by atoms with E-state index in [1.165, 1.54) is 0 Å². The van der Waals surface area contributed by atoms with Crippen molar-refractivity contribution < 1.29 is 23.9 Å². The Bertz CT molecular complexity index is 1150. The van der Waals surface area contributed by atoms with Gasteiger partial charge in [-0.1, -0.05) is 25.1 Å². The normalized spacial score (nSPS) is 18.3. The van der Waals surface area contributed by atoms with Crippen LogP contribution in [-0.2, 0) is 16.1 Å². The third-order valence-electron chi connectivity index (χ3n) is 5.83. The van der Waals surface area contributed by atoms with Crippen LogP contribution in [-0.4, -0.2) is 41.7 Å². The van der Waals surface area contributed by atoms with E-state index in [-0.39, 0.29) is 18.4 Å². The minimum Gasteiger partial charge on any atom is -0.497 e. The highest BCUT2D eigenvalue weighted by molar-refractivity contribution is 6.24. The van der Waals surface area contributed by atoms with Crippen molar-refractivity contribution in [3.8, 4) is 5.75 Å². The van der Waals surface area contributed by atoms with Gasteiger partial charge in [-0.3, -0.25) is 29.4 Å². The maximum Gasteiger partial charge on any atom is 0.262 e. The molecule has 1 unspecified atom stereocenters. The highest BCUT2D eigenvalue weighted by Crippen LogP contribution is 2.30. The minimum absolute atomic E-state index is 0.0885. The van der Waals surface area contributed by atoms with E-state index in [0.717, 1.165) is 28.3 Å². The molecule has 4 rings (SSSR count). The summed E-state index contributed by atoms with van der Waals surface area (Å²) in [4.78, 5) is 51.0. The lowest BCUT2D eigenvalue weighted by Gasteiger charge is -2.27. The number of carbonyl (C=O) groups is 4. The summed E-state index contributed by atoms with van der Waals surface area (Å²) >= 11 is 0. The van der Waals surface area contributed by atoms with Crippen LogP contribution in [0.2, 0.25) is 0 Å². The van der Waals surface area contributed by atoms with Gasteiger partial charge in [0, 0.05) is 18.7 Å².